The van der Waals surface area contributed by atoms with Crippen molar-refractivity contribution in [3.63, 3.8) is 0 Å². The standard InChI is InChI=1S/C43H38Cl2F3N5O6/c44-26-8-6-24(7-9-26)42-32(39(56)53(41(42)58)50-37-33(45)18-25(20-49-37)43(46,47)48)19-31-29(36(42)34-13-10-28(22-54)59-34)11-12-30-35(31)40(57)52(38(30)55)27-14-16-51(17-15-27)21-23-4-2-1-3-5-23/h1-11,13,18,20,27,30-32,35-36,54H,12,14-17,19,21-22H2,(H,49,50). The van der Waals surface area contributed by atoms with Crippen LogP contribution in [0.1, 0.15) is 59.8 Å². The number of nitrogens with zero attached hydrogens (tertiary/aromatic N) is 4. The third kappa shape index (κ3) is 6.46. The highest BCUT2D eigenvalue weighted by molar-refractivity contribution is 6.33. The quantitative estimate of drug-likeness (QED) is 0.140. The Morgan fingerprint density at radius 3 is 2.31 bits per heavy atom. The van der Waals surface area contributed by atoms with Crippen molar-refractivity contribution in [1.29, 1.82) is 0 Å². The van der Waals surface area contributed by atoms with Gasteiger partial charge in [-0.2, -0.15) is 18.2 Å². The number of hydrogen-bond donors (Lipinski definition) is 2. The van der Waals surface area contributed by atoms with Crippen molar-refractivity contribution in [2.45, 2.75) is 62.4 Å². The van der Waals surface area contributed by atoms with Crippen LogP contribution in [0.15, 0.2) is 95.1 Å². The van der Waals surface area contributed by atoms with E-state index in [1.165, 1.54) is 10.5 Å². The molecule has 5 aliphatic rings. The van der Waals surface area contributed by atoms with Crippen LogP contribution >= 0.6 is 23.2 Å². The molecule has 6 unspecified atom stereocenters. The fourth-order valence-corrected chi connectivity index (χ4v) is 10.6. The summed E-state index contributed by atoms with van der Waals surface area (Å²) in [5, 5.41) is 10.7. The summed E-state index contributed by atoms with van der Waals surface area (Å²) in [5.41, 5.74) is 1.98. The Hall–Kier alpha value is -5.02. The third-order valence-corrected chi connectivity index (χ3v) is 13.4. The number of nitrogens with one attached hydrogen (secondary N) is 1. The Labute approximate surface area is 346 Å². The average Bonchev–Trinajstić information content (AvgIpc) is 3.86. The molecule has 306 valence electrons. The van der Waals surface area contributed by atoms with Gasteiger partial charge in [0.1, 0.15) is 23.5 Å². The number of aliphatic hydroxyl groups excluding tert-OH is 1. The predicted octanol–water partition coefficient (Wildman–Crippen LogP) is 7.14. The number of fused-ring (bicyclic) bond motifs is 4. The van der Waals surface area contributed by atoms with Gasteiger partial charge in [-0.15, -0.1) is 0 Å². The fraction of sp³-hybridized carbons (Fsp3) is 0.372. The first-order valence-corrected chi connectivity index (χ1v) is 20.2. The van der Waals surface area contributed by atoms with Crippen LogP contribution in [0.3, 0.4) is 0 Å². The highest BCUT2D eigenvalue weighted by Gasteiger charge is 2.71. The largest absolute Gasteiger partial charge is 0.463 e. The van der Waals surface area contributed by atoms with Crippen molar-refractivity contribution >= 4 is 52.6 Å². The summed E-state index contributed by atoms with van der Waals surface area (Å²) >= 11 is 12.6. The zero-order valence-corrected chi connectivity index (χ0v) is 32.9. The Bertz CT molecular complexity index is 2370. The van der Waals surface area contributed by atoms with Crippen LogP contribution < -0.4 is 5.43 Å². The van der Waals surface area contributed by atoms with Crippen molar-refractivity contribution in [2.75, 3.05) is 18.5 Å². The molecule has 59 heavy (non-hydrogen) atoms. The number of benzene rings is 2. The molecule has 6 atom stereocenters. The monoisotopic (exact) mass is 847 g/mol. The van der Waals surface area contributed by atoms with Crippen LogP contribution in [0.25, 0.3) is 0 Å². The number of aliphatic hydroxyl groups is 1. The lowest BCUT2D eigenvalue weighted by Gasteiger charge is -2.49. The molecule has 11 nitrogen and oxygen atoms in total. The summed E-state index contributed by atoms with van der Waals surface area (Å²) in [5.74, 6) is -6.34. The molecule has 3 aliphatic heterocycles. The summed E-state index contributed by atoms with van der Waals surface area (Å²) in [6.07, 6.45) is -0.880. The van der Waals surface area contributed by atoms with Crippen molar-refractivity contribution < 1.29 is 41.9 Å². The molecule has 0 bridgehead atoms. The maximum atomic E-state index is 15.3. The van der Waals surface area contributed by atoms with Gasteiger partial charge in [-0.3, -0.25) is 34.4 Å². The molecule has 0 spiro atoms. The number of hydrazine groups is 1. The molecule has 9 rings (SSSR count). The van der Waals surface area contributed by atoms with E-state index in [2.05, 4.69) is 27.4 Å². The number of rotatable bonds is 8. The maximum Gasteiger partial charge on any atom is 0.417 e. The first-order chi connectivity index (χ1) is 28.3. The molecule has 0 radical (unpaired) electrons. The third-order valence-electron chi connectivity index (χ3n) is 12.9. The molecule has 2 aliphatic carbocycles. The van der Waals surface area contributed by atoms with E-state index in [0.29, 0.717) is 54.4 Å². The van der Waals surface area contributed by atoms with Gasteiger partial charge in [-0.25, -0.2) is 4.98 Å². The second kappa shape index (κ2) is 14.9. The topological polar surface area (TPSA) is 136 Å². The van der Waals surface area contributed by atoms with E-state index >= 15 is 4.79 Å². The lowest BCUT2D eigenvalue weighted by molar-refractivity contribution is -0.144. The Kier molecular flexibility index (Phi) is 9.97. The lowest BCUT2D eigenvalue weighted by Crippen LogP contribution is -2.53. The van der Waals surface area contributed by atoms with Gasteiger partial charge < -0.3 is 9.52 Å². The van der Waals surface area contributed by atoms with Crippen molar-refractivity contribution in [2.24, 2.45) is 23.7 Å². The summed E-state index contributed by atoms with van der Waals surface area (Å²) < 4.78 is 46.7. The van der Waals surface area contributed by atoms with E-state index in [4.69, 9.17) is 27.6 Å². The molecule has 3 saturated heterocycles. The molecule has 4 fully saturated rings. The van der Waals surface area contributed by atoms with Crippen LogP contribution in [0.5, 0.6) is 0 Å². The number of alkyl halides is 3. The molecule has 2 N–H and O–H groups in total. The number of anilines is 1. The van der Waals surface area contributed by atoms with Crippen LogP contribution in [-0.2, 0) is 43.9 Å². The SMILES string of the molecule is O=C1C2CC3C(=CCC4C(=O)N(C5CCN(Cc6ccccc6)CC5)C(=O)C43)C(c3ccc(CO)o3)C2(c2ccc(Cl)cc2)C(=O)N1Nc1ncc(C(F)(F)F)cc1Cl. The van der Waals surface area contributed by atoms with Gasteiger partial charge in [0.25, 0.3) is 11.8 Å². The van der Waals surface area contributed by atoms with Gasteiger partial charge in [0.2, 0.25) is 11.8 Å². The number of pyridine rings is 1. The van der Waals surface area contributed by atoms with E-state index in [1.54, 1.807) is 36.4 Å². The number of aromatic nitrogens is 1. The average molecular weight is 849 g/mol. The molecular formula is C43H38Cl2F3N5O6. The van der Waals surface area contributed by atoms with Gasteiger partial charge >= 0.3 is 6.18 Å². The van der Waals surface area contributed by atoms with E-state index in [-0.39, 0.29) is 48.0 Å². The van der Waals surface area contributed by atoms with Gasteiger partial charge in [0.05, 0.1) is 34.3 Å². The molecule has 2 aromatic carbocycles. The van der Waals surface area contributed by atoms with E-state index in [9.17, 15) is 32.7 Å². The number of allylic oxidation sites excluding steroid dienone is 2. The smallest absolute Gasteiger partial charge is 0.417 e. The molecule has 4 aromatic rings. The van der Waals surface area contributed by atoms with Crippen molar-refractivity contribution in [3.8, 4) is 0 Å². The molecule has 5 heterocycles. The van der Waals surface area contributed by atoms with E-state index in [0.717, 1.165) is 11.6 Å². The molecule has 16 heteroatoms. The van der Waals surface area contributed by atoms with Crippen LogP contribution in [0.4, 0.5) is 19.0 Å². The number of imide groups is 2. The van der Waals surface area contributed by atoms with Crippen molar-refractivity contribution in [1.82, 2.24) is 19.8 Å². The van der Waals surface area contributed by atoms with Gasteiger partial charge in [-0.05, 0) is 73.1 Å². The number of hydrogen-bond acceptors (Lipinski definition) is 9. The van der Waals surface area contributed by atoms with Gasteiger partial charge in [0, 0.05) is 36.9 Å². The lowest BCUT2D eigenvalue weighted by atomic mass is 9.50. The minimum Gasteiger partial charge on any atom is -0.463 e. The summed E-state index contributed by atoms with van der Waals surface area (Å²) in [6, 6.07) is 20.1. The minimum absolute atomic E-state index is 0.0149. The Morgan fingerprint density at radius 1 is 0.915 bits per heavy atom. The molecule has 2 aromatic heterocycles. The number of carbonyl (C=O) groups is 4. The molecular weight excluding hydrogens is 810 g/mol. The minimum atomic E-state index is -4.75. The summed E-state index contributed by atoms with van der Waals surface area (Å²) in [7, 11) is 0. The number of halogens is 5. The maximum absolute atomic E-state index is 15.3. The number of furan rings is 1. The zero-order chi connectivity index (χ0) is 41.4. The van der Waals surface area contributed by atoms with Crippen LogP contribution in [0, 0.1) is 23.7 Å². The fourth-order valence-electron chi connectivity index (χ4n) is 10.3. The molecule has 4 amide bonds. The second-order valence-corrected chi connectivity index (χ2v) is 16.8. The first kappa shape index (κ1) is 39.4. The summed E-state index contributed by atoms with van der Waals surface area (Å²) in [6.45, 7) is 1.71. The number of carbonyl (C=O) groups excluding carboxylic acids is 4. The summed E-state index contributed by atoms with van der Waals surface area (Å²) in [4.78, 5) is 66.8. The van der Waals surface area contributed by atoms with Crippen molar-refractivity contribution in [3.05, 3.63) is 129 Å². The highest BCUT2D eigenvalue weighted by atomic mass is 35.5. The Morgan fingerprint density at radius 2 is 1.64 bits per heavy atom. The highest BCUT2D eigenvalue weighted by Crippen LogP contribution is 2.64. The number of piperidine rings is 1. The zero-order valence-electron chi connectivity index (χ0n) is 31.4. The first-order valence-electron chi connectivity index (χ1n) is 19.5. The van der Waals surface area contributed by atoms with E-state index in [1.807, 2.05) is 24.3 Å². The Balaban J connectivity index is 1.10. The second-order valence-electron chi connectivity index (χ2n) is 15.9. The van der Waals surface area contributed by atoms with Crippen LogP contribution in [0.2, 0.25) is 10.0 Å². The number of amides is 4. The van der Waals surface area contributed by atoms with E-state index < -0.39 is 70.2 Å². The molecule has 1 saturated carbocycles. The van der Waals surface area contributed by atoms with Gasteiger partial charge in [-0.1, -0.05) is 77.3 Å². The van der Waals surface area contributed by atoms with Gasteiger partial charge in [0.15, 0.2) is 5.82 Å². The number of likely N-dealkylation sites (tertiary alicyclic amines) is 2. The normalized spacial score (nSPS) is 27.5. The van der Waals surface area contributed by atoms with Crippen LogP contribution in [-0.4, -0.2) is 67.7 Å². The predicted molar refractivity (Wildman–Crippen MR) is 208 cm³/mol.